The van der Waals surface area contributed by atoms with Gasteiger partial charge >= 0.3 is 0 Å². The van der Waals surface area contributed by atoms with Gasteiger partial charge in [0.2, 0.25) is 0 Å². The number of Topliss-reactive ketones (excluding diaryl/α,β-unsaturated/α-hetero) is 2. The Labute approximate surface area is 144 Å². The summed E-state index contributed by atoms with van der Waals surface area (Å²) in [7, 11) is 0. The van der Waals surface area contributed by atoms with Crippen molar-refractivity contribution in [3.05, 3.63) is 47.0 Å². The van der Waals surface area contributed by atoms with Crippen molar-refractivity contribution in [2.24, 2.45) is 23.7 Å². The average molecular weight is 322 g/mol. The highest BCUT2D eigenvalue weighted by Crippen LogP contribution is 2.53. The molecule has 1 aromatic rings. The highest BCUT2D eigenvalue weighted by Gasteiger charge is 2.54. The minimum absolute atomic E-state index is 0.0822. The molecule has 2 nitrogen and oxygen atoms in total. The largest absolute Gasteiger partial charge is 0.294 e. The van der Waals surface area contributed by atoms with Crippen molar-refractivity contribution >= 4 is 11.6 Å². The summed E-state index contributed by atoms with van der Waals surface area (Å²) in [4.78, 5) is 26.2. The molecule has 126 valence electrons. The Bertz CT molecular complexity index is 700. The maximum Gasteiger partial charge on any atom is 0.168 e. The van der Waals surface area contributed by atoms with Crippen molar-refractivity contribution in [2.75, 3.05) is 0 Å². The molecule has 0 spiro atoms. The maximum absolute atomic E-state index is 13.2. The van der Waals surface area contributed by atoms with Crippen LogP contribution in [0.1, 0.15) is 71.7 Å². The van der Waals surface area contributed by atoms with Gasteiger partial charge in [0.25, 0.3) is 0 Å². The van der Waals surface area contributed by atoms with E-state index in [1.54, 1.807) is 0 Å². The molecule has 1 saturated carbocycles. The van der Waals surface area contributed by atoms with Crippen LogP contribution in [0.5, 0.6) is 0 Å². The second-order valence-corrected chi connectivity index (χ2v) is 7.73. The molecule has 1 fully saturated rings. The first-order valence-corrected chi connectivity index (χ1v) is 9.61. The van der Waals surface area contributed by atoms with E-state index in [-0.39, 0.29) is 23.4 Å². The second kappa shape index (κ2) is 6.31. The molecule has 2 bridgehead atoms. The van der Waals surface area contributed by atoms with E-state index in [9.17, 15) is 9.59 Å². The van der Waals surface area contributed by atoms with Crippen molar-refractivity contribution in [2.45, 2.75) is 51.9 Å². The fourth-order valence-corrected chi connectivity index (χ4v) is 5.11. The average Bonchev–Trinajstić information content (AvgIpc) is 3.21. The first-order chi connectivity index (χ1) is 11.7. The first-order valence-electron chi connectivity index (χ1n) is 9.61. The minimum atomic E-state index is -0.0835. The predicted octanol–water partition coefficient (Wildman–Crippen LogP) is 5.02. The third kappa shape index (κ3) is 2.39. The van der Waals surface area contributed by atoms with Gasteiger partial charge in [-0.15, -0.1) is 0 Å². The number of ketones is 2. The van der Waals surface area contributed by atoms with E-state index in [4.69, 9.17) is 0 Å². The van der Waals surface area contributed by atoms with E-state index in [0.717, 1.165) is 30.4 Å². The molecule has 0 aromatic heterocycles. The second-order valence-electron chi connectivity index (χ2n) is 7.73. The molecule has 3 aliphatic rings. The summed E-state index contributed by atoms with van der Waals surface area (Å²) >= 11 is 0. The van der Waals surface area contributed by atoms with Crippen LogP contribution in [0.4, 0.5) is 0 Å². The number of benzene rings is 1. The van der Waals surface area contributed by atoms with Crippen molar-refractivity contribution in [1.82, 2.24) is 0 Å². The molecular weight excluding hydrogens is 296 g/mol. The van der Waals surface area contributed by atoms with E-state index in [1.165, 1.54) is 25.7 Å². The van der Waals surface area contributed by atoms with E-state index in [0.29, 0.717) is 17.4 Å². The van der Waals surface area contributed by atoms with Gasteiger partial charge in [-0.1, -0.05) is 63.0 Å². The highest BCUT2D eigenvalue weighted by atomic mass is 16.1. The molecule has 0 N–H and O–H groups in total. The smallest absolute Gasteiger partial charge is 0.168 e. The van der Waals surface area contributed by atoms with E-state index >= 15 is 0 Å². The fourth-order valence-electron chi connectivity index (χ4n) is 5.11. The van der Waals surface area contributed by atoms with Crippen LogP contribution in [0.25, 0.3) is 0 Å². The number of rotatable bonds is 6. The number of fused-ring (bicyclic) bond motifs is 6. The van der Waals surface area contributed by atoms with Gasteiger partial charge in [0, 0.05) is 23.0 Å². The topological polar surface area (TPSA) is 34.1 Å². The number of hydrogen-bond donors (Lipinski definition) is 0. The van der Waals surface area contributed by atoms with Crippen molar-refractivity contribution in [3.8, 4) is 0 Å². The minimum Gasteiger partial charge on any atom is -0.294 e. The van der Waals surface area contributed by atoms with Crippen LogP contribution in [0.2, 0.25) is 0 Å². The SMILES string of the molecule is CCCCCCCc1cccc2c1C(=O)C1C3C=CC(C3)C1C2=O. The van der Waals surface area contributed by atoms with Crippen LogP contribution in [-0.4, -0.2) is 11.6 Å². The summed E-state index contributed by atoms with van der Waals surface area (Å²) in [5.41, 5.74) is 2.57. The molecule has 4 rings (SSSR count). The van der Waals surface area contributed by atoms with Crippen LogP contribution < -0.4 is 0 Å². The number of carbonyl (C=O) groups excluding carboxylic acids is 2. The summed E-state index contributed by atoms with van der Waals surface area (Å²) in [6, 6.07) is 5.91. The molecule has 4 atom stereocenters. The van der Waals surface area contributed by atoms with Crippen LogP contribution in [0.3, 0.4) is 0 Å². The third-order valence-corrected chi connectivity index (χ3v) is 6.28. The summed E-state index contributed by atoms with van der Waals surface area (Å²) in [6.07, 6.45) is 12.4. The van der Waals surface area contributed by atoms with Crippen molar-refractivity contribution < 1.29 is 9.59 Å². The lowest BCUT2D eigenvalue weighted by atomic mass is 9.68. The molecule has 0 aliphatic heterocycles. The van der Waals surface area contributed by atoms with Gasteiger partial charge in [0.15, 0.2) is 11.6 Å². The standard InChI is InChI=1S/C22H26O2/c1-2-3-4-5-6-8-14-9-7-10-17-18(14)22(24)20-16-12-11-15(13-16)19(20)21(17)23/h7,9-12,15-16,19-20H,2-6,8,13H2,1H3. The summed E-state index contributed by atoms with van der Waals surface area (Å²) in [5, 5.41) is 0. The van der Waals surface area contributed by atoms with Crippen LogP contribution in [0, 0.1) is 23.7 Å². The molecule has 1 aromatic carbocycles. The number of hydrogen-bond acceptors (Lipinski definition) is 2. The van der Waals surface area contributed by atoms with E-state index in [1.807, 2.05) is 12.1 Å². The van der Waals surface area contributed by atoms with Crippen molar-refractivity contribution in [3.63, 3.8) is 0 Å². The molecule has 2 heteroatoms. The Balaban J connectivity index is 1.60. The maximum atomic E-state index is 13.2. The first kappa shape index (κ1) is 15.8. The number of unbranched alkanes of at least 4 members (excludes halogenated alkanes) is 4. The zero-order valence-corrected chi connectivity index (χ0v) is 14.5. The Kier molecular flexibility index (Phi) is 4.15. The molecule has 0 saturated heterocycles. The van der Waals surface area contributed by atoms with Crippen LogP contribution in [-0.2, 0) is 6.42 Å². The van der Waals surface area contributed by atoms with Crippen LogP contribution in [0.15, 0.2) is 30.4 Å². The molecule has 24 heavy (non-hydrogen) atoms. The summed E-state index contributed by atoms with van der Waals surface area (Å²) in [6.45, 7) is 2.22. The Morgan fingerprint density at radius 2 is 1.62 bits per heavy atom. The Hall–Kier alpha value is -1.70. The highest BCUT2D eigenvalue weighted by molar-refractivity contribution is 6.17. The van der Waals surface area contributed by atoms with E-state index < -0.39 is 0 Å². The quantitative estimate of drug-likeness (QED) is 0.544. The van der Waals surface area contributed by atoms with Gasteiger partial charge in [-0.2, -0.15) is 0 Å². The normalized spacial score (nSPS) is 29.9. The van der Waals surface area contributed by atoms with Crippen LogP contribution >= 0.6 is 0 Å². The molecule has 0 heterocycles. The zero-order valence-electron chi connectivity index (χ0n) is 14.5. The number of aryl methyl sites for hydroxylation is 1. The van der Waals surface area contributed by atoms with Gasteiger partial charge in [0.05, 0.1) is 0 Å². The molecule has 0 radical (unpaired) electrons. The lowest BCUT2D eigenvalue weighted by Gasteiger charge is -2.32. The predicted molar refractivity (Wildman–Crippen MR) is 95.3 cm³/mol. The Morgan fingerprint density at radius 1 is 0.917 bits per heavy atom. The van der Waals surface area contributed by atoms with Gasteiger partial charge in [-0.05, 0) is 36.7 Å². The summed E-state index contributed by atoms with van der Waals surface area (Å²) < 4.78 is 0. The van der Waals surface area contributed by atoms with E-state index in [2.05, 4.69) is 25.1 Å². The zero-order chi connectivity index (χ0) is 16.7. The molecular formula is C22H26O2. The molecule has 3 aliphatic carbocycles. The number of allylic oxidation sites excluding steroid dienone is 2. The lowest BCUT2D eigenvalue weighted by Crippen LogP contribution is -2.39. The fraction of sp³-hybridized carbons (Fsp3) is 0.545. The molecule has 4 unspecified atom stereocenters. The van der Waals surface area contributed by atoms with Gasteiger partial charge in [-0.3, -0.25) is 9.59 Å². The van der Waals surface area contributed by atoms with Crippen molar-refractivity contribution in [1.29, 1.82) is 0 Å². The monoisotopic (exact) mass is 322 g/mol. The van der Waals surface area contributed by atoms with Gasteiger partial charge < -0.3 is 0 Å². The Morgan fingerprint density at radius 3 is 2.38 bits per heavy atom. The van der Waals surface area contributed by atoms with Gasteiger partial charge in [-0.25, -0.2) is 0 Å². The molecule has 0 amide bonds. The number of carbonyl (C=O) groups is 2. The summed E-state index contributed by atoms with van der Waals surface area (Å²) in [5.74, 6) is 0.889. The lowest BCUT2D eigenvalue weighted by molar-refractivity contribution is 0.0719. The third-order valence-electron chi connectivity index (χ3n) is 6.28. The van der Waals surface area contributed by atoms with Gasteiger partial charge in [0.1, 0.15) is 0 Å².